The smallest absolute Gasteiger partial charge is 0.224 e. The van der Waals surface area contributed by atoms with Crippen LogP contribution in [0.3, 0.4) is 0 Å². The van der Waals surface area contributed by atoms with Gasteiger partial charge in [-0.1, -0.05) is 20.8 Å². The van der Waals surface area contributed by atoms with E-state index < -0.39 is 0 Å². The van der Waals surface area contributed by atoms with Gasteiger partial charge in [0.15, 0.2) is 0 Å². The quantitative estimate of drug-likeness (QED) is 0.555. The zero-order chi connectivity index (χ0) is 24.3. The molecule has 0 spiro atoms. The van der Waals surface area contributed by atoms with E-state index in [1.165, 1.54) is 57.8 Å². The summed E-state index contributed by atoms with van der Waals surface area (Å²) in [4.78, 5) is 28.7. The fraction of sp³-hybridized carbons (Fsp3) is 0.935. The Balaban J connectivity index is 1.11. The van der Waals surface area contributed by atoms with Crippen molar-refractivity contribution in [2.75, 3.05) is 7.05 Å². The van der Waals surface area contributed by atoms with E-state index in [0.29, 0.717) is 41.7 Å². The predicted octanol–water partition coefficient (Wildman–Crippen LogP) is 5.65. The van der Waals surface area contributed by atoms with E-state index in [1.54, 1.807) is 0 Å². The molecule has 1 aliphatic heterocycles. The Morgan fingerprint density at radius 3 is 2.26 bits per heavy atom. The highest BCUT2D eigenvalue weighted by Gasteiger charge is 2.64. The van der Waals surface area contributed by atoms with Gasteiger partial charge in [0, 0.05) is 31.5 Å². The number of hydrogen-bond acceptors (Lipinski definition) is 2. The summed E-state index contributed by atoms with van der Waals surface area (Å²) in [5.41, 5.74) is 0.410. The number of nitrogens with zero attached hydrogens (tertiary/aromatic N) is 1. The Labute approximate surface area is 212 Å². The van der Waals surface area contributed by atoms with Crippen molar-refractivity contribution in [2.45, 2.75) is 110 Å². The molecule has 7 saturated carbocycles. The Morgan fingerprint density at radius 2 is 1.57 bits per heavy atom. The first-order valence-electron chi connectivity index (χ1n) is 15.2. The number of likely N-dealkylation sites (tertiary alicyclic amines) is 1. The molecule has 8 rings (SSSR count). The van der Waals surface area contributed by atoms with E-state index in [9.17, 15) is 9.59 Å². The van der Waals surface area contributed by atoms with Gasteiger partial charge in [0.05, 0.1) is 0 Å². The van der Waals surface area contributed by atoms with Crippen molar-refractivity contribution in [1.82, 2.24) is 10.2 Å². The van der Waals surface area contributed by atoms with Crippen molar-refractivity contribution in [3.05, 3.63) is 0 Å². The largest absolute Gasteiger partial charge is 0.353 e. The second-order valence-corrected chi connectivity index (χ2v) is 15.2. The van der Waals surface area contributed by atoms with Crippen LogP contribution in [0.15, 0.2) is 0 Å². The first kappa shape index (κ1) is 23.1. The molecule has 1 heterocycles. The Bertz CT molecular complexity index is 888. The molecule has 3 unspecified atom stereocenters. The highest BCUT2D eigenvalue weighted by Crippen LogP contribution is 2.67. The number of carbonyl (C=O) groups excluding carboxylic acids is 2. The third kappa shape index (κ3) is 3.16. The third-order valence-electron chi connectivity index (χ3n) is 13.7. The number of fused-ring (bicyclic) bond motifs is 5. The fourth-order valence-corrected chi connectivity index (χ4v) is 12.5. The molecule has 4 nitrogen and oxygen atoms in total. The first-order valence-corrected chi connectivity index (χ1v) is 15.2. The molecule has 7 aliphatic carbocycles. The maximum atomic E-state index is 14.1. The number of carbonyl (C=O) groups is 2. The van der Waals surface area contributed by atoms with Gasteiger partial charge in [-0.15, -0.1) is 0 Å². The minimum Gasteiger partial charge on any atom is -0.353 e. The standard InChI is InChI=1S/C31H48N2O2/c1-17-11-24-22-5-6-25-30(2,10-8-26(34)33(25)4)23(22)7-9-31(24,3)27(17)29(35)32-28-20-13-18-12-19(15-20)16-21(28)14-18/h17-25,27-28H,5-16H2,1-4H3,(H,32,35)/t17?,18?,19?,20?,21?,22-,23-,24+,25?,27?,28?,30-,31+/m1/s1. The number of amides is 2. The molecule has 8 atom stereocenters. The van der Waals surface area contributed by atoms with Gasteiger partial charge in [-0.05, 0) is 129 Å². The van der Waals surface area contributed by atoms with Crippen LogP contribution in [0.4, 0.5) is 0 Å². The maximum Gasteiger partial charge on any atom is 0.224 e. The van der Waals surface area contributed by atoms with Gasteiger partial charge in [-0.3, -0.25) is 9.59 Å². The lowest BCUT2D eigenvalue weighted by Gasteiger charge is -2.61. The first-order chi connectivity index (χ1) is 16.7. The van der Waals surface area contributed by atoms with Crippen LogP contribution in [0.25, 0.3) is 0 Å². The van der Waals surface area contributed by atoms with Crippen LogP contribution >= 0.6 is 0 Å². The molecule has 8 aliphatic rings. The van der Waals surface area contributed by atoms with Crippen molar-refractivity contribution >= 4 is 11.8 Å². The van der Waals surface area contributed by atoms with E-state index in [-0.39, 0.29) is 16.7 Å². The molecule has 0 radical (unpaired) electrons. The molecule has 194 valence electrons. The summed E-state index contributed by atoms with van der Waals surface area (Å²) in [7, 11) is 2.06. The summed E-state index contributed by atoms with van der Waals surface area (Å²) in [6.07, 6.45) is 14.8. The average Bonchev–Trinajstić information content (AvgIpc) is 3.08. The molecule has 0 aromatic rings. The minimum absolute atomic E-state index is 0.149. The average molecular weight is 481 g/mol. The van der Waals surface area contributed by atoms with Gasteiger partial charge in [-0.25, -0.2) is 0 Å². The summed E-state index contributed by atoms with van der Waals surface area (Å²) in [5, 5.41) is 3.74. The minimum atomic E-state index is 0.149. The molecule has 1 N–H and O–H groups in total. The zero-order valence-electron chi connectivity index (χ0n) is 22.6. The van der Waals surface area contributed by atoms with Gasteiger partial charge in [0.25, 0.3) is 0 Å². The lowest BCUT2D eigenvalue weighted by molar-refractivity contribution is -0.160. The highest BCUT2D eigenvalue weighted by molar-refractivity contribution is 5.81. The third-order valence-corrected chi connectivity index (χ3v) is 13.7. The molecule has 4 heteroatoms. The fourth-order valence-electron chi connectivity index (χ4n) is 12.5. The molecule has 8 fully saturated rings. The van der Waals surface area contributed by atoms with Crippen molar-refractivity contribution in [1.29, 1.82) is 0 Å². The van der Waals surface area contributed by atoms with E-state index in [1.807, 2.05) is 0 Å². The van der Waals surface area contributed by atoms with Gasteiger partial charge in [-0.2, -0.15) is 0 Å². The van der Waals surface area contributed by atoms with Crippen LogP contribution in [0.1, 0.15) is 97.8 Å². The zero-order valence-corrected chi connectivity index (χ0v) is 22.6. The monoisotopic (exact) mass is 480 g/mol. The molecular formula is C31H48N2O2. The summed E-state index contributed by atoms with van der Waals surface area (Å²) in [6, 6.07) is 0.885. The lowest BCUT2D eigenvalue weighted by atomic mass is 9.46. The number of rotatable bonds is 2. The Kier molecular flexibility index (Phi) is 5.10. The summed E-state index contributed by atoms with van der Waals surface area (Å²) < 4.78 is 0. The molecule has 0 aromatic carbocycles. The van der Waals surface area contributed by atoms with Crippen LogP contribution in [-0.2, 0) is 9.59 Å². The molecule has 2 amide bonds. The van der Waals surface area contributed by atoms with Crippen LogP contribution < -0.4 is 5.32 Å². The molecular weight excluding hydrogens is 432 g/mol. The van der Waals surface area contributed by atoms with Crippen molar-refractivity contribution in [2.24, 2.45) is 64.1 Å². The normalized spacial score (nSPS) is 56.4. The number of hydrogen-bond donors (Lipinski definition) is 1. The van der Waals surface area contributed by atoms with Crippen LogP contribution in [0.5, 0.6) is 0 Å². The molecule has 35 heavy (non-hydrogen) atoms. The van der Waals surface area contributed by atoms with Crippen molar-refractivity contribution in [3.8, 4) is 0 Å². The van der Waals surface area contributed by atoms with Gasteiger partial charge in [0.1, 0.15) is 0 Å². The van der Waals surface area contributed by atoms with E-state index in [0.717, 1.165) is 48.9 Å². The molecule has 0 aromatic heterocycles. The SMILES string of the molecule is CC1C[C@H]2[C@@H]3CCC4N(C)C(=O)CC[C@]4(C)[C@@H]3CC[C@]2(C)C1C(=O)NC1C2CC3CC(C2)CC1C3. The summed E-state index contributed by atoms with van der Waals surface area (Å²) in [6.45, 7) is 7.40. The van der Waals surface area contributed by atoms with Gasteiger partial charge < -0.3 is 10.2 Å². The highest BCUT2D eigenvalue weighted by atomic mass is 16.2. The van der Waals surface area contributed by atoms with E-state index in [4.69, 9.17) is 0 Å². The van der Waals surface area contributed by atoms with Gasteiger partial charge in [0.2, 0.25) is 11.8 Å². The van der Waals surface area contributed by atoms with Gasteiger partial charge >= 0.3 is 0 Å². The van der Waals surface area contributed by atoms with Crippen molar-refractivity contribution < 1.29 is 9.59 Å². The Hall–Kier alpha value is -1.06. The molecule has 4 bridgehead atoms. The van der Waals surface area contributed by atoms with Crippen LogP contribution in [0, 0.1) is 64.1 Å². The number of piperidine rings is 1. The molecule has 1 saturated heterocycles. The Morgan fingerprint density at radius 1 is 0.886 bits per heavy atom. The summed E-state index contributed by atoms with van der Waals surface area (Å²) in [5.74, 6) is 6.99. The second kappa shape index (κ2) is 7.73. The van der Waals surface area contributed by atoms with Crippen LogP contribution in [0.2, 0.25) is 0 Å². The lowest BCUT2D eigenvalue weighted by Crippen LogP contribution is -2.62. The predicted molar refractivity (Wildman–Crippen MR) is 137 cm³/mol. The van der Waals surface area contributed by atoms with Crippen molar-refractivity contribution in [3.63, 3.8) is 0 Å². The van der Waals surface area contributed by atoms with Crippen LogP contribution in [-0.4, -0.2) is 35.8 Å². The maximum absolute atomic E-state index is 14.1. The van der Waals surface area contributed by atoms with E-state index >= 15 is 0 Å². The van der Waals surface area contributed by atoms with E-state index in [2.05, 4.69) is 38.0 Å². The second-order valence-electron chi connectivity index (χ2n) is 15.2. The summed E-state index contributed by atoms with van der Waals surface area (Å²) >= 11 is 0. The topological polar surface area (TPSA) is 49.4 Å². The number of nitrogens with one attached hydrogen (secondary N) is 1.